The van der Waals surface area contributed by atoms with Crippen LogP contribution in [0.15, 0.2) is 36.4 Å². The number of benzene rings is 1. The van der Waals surface area contributed by atoms with Gasteiger partial charge in [0, 0.05) is 30.7 Å². The van der Waals surface area contributed by atoms with Crippen LogP contribution in [0.4, 0.5) is 9.93 Å². The summed E-state index contributed by atoms with van der Waals surface area (Å²) < 4.78 is 11.6. The highest BCUT2D eigenvalue weighted by atomic mass is 32.1. The number of thiazole rings is 1. The third-order valence-corrected chi connectivity index (χ3v) is 5.88. The van der Waals surface area contributed by atoms with Crippen molar-refractivity contribution in [2.24, 2.45) is 5.92 Å². The minimum Gasteiger partial charge on any atom is -0.478 e. The van der Waals surface area contributed by atoms with Gasteiger partial charge < -0.3 is 19.9 Å². The van der Waals surface area contributed by atoms with Crippen LogP contribution in [0.2, 0.25) is 0 Å². The summed E-state index contributed by atoms with van der Waals surface area (Å²) in [5.41, 5.74) is 2.93. The summed E-state index contributed by atoms with van der Waals surface area (Å²) in [4.78, 5) is 32.6. The molecule has 4 rings (SSSR count). The molecule has 2 aromatic heterocycles. The van der Waals surface area contributed by atoms with Gasteiger partial charge in [-0.05, 0) is 42.7 Å². The first-order chi connectivity index (χ1) is 16.0. The number of carbonyl (C=O) groups excluding carboxylic acids is 1. The first-order valence-corrected chi connectivity index (χ1v) is 11.4. The lowest BCUT2D eigenvalue weighted by atomic mass is 10.0. The molecule has 2 amide bonds. The van der Waals surface area contributed by atoms with Crippen LogP contribution in [0.25, 0.3) is 27.6 Å². The van der Waals surface area contributed by atoms with Crippen molar-refractivity contribution in [1.29, 1.82) is 0 Å². The number of carboxylic acid groups (broad SMARTS) is 1. The molecule has 1 aliphatic rings. The highest BCUT2D eigenvalue weighted by Gasteiger charge is 2.20. The normalized spacial score (nSPS) is 15.7. The van der Waals surface area contributed by atoms with E-state index < -0.39 is 5.97 Å². The molecule has 0 bridgehead atoms. The van der Waals surface area contributed by atoms with Crippen molar-refractivity contribution in [2.45, 2.75) is 13.3 Å². The molecule has 1 saturated heterocycles. The van der Waals surface area contributed by atoms with Crippen molar-refractivity contribution in [3.05, 3.63) is 42.0 Å². The molecule has 1 aromatic carbocycles. The molecule has 1 atom stereocenters. The zero-order valence-electron chi connectivity index (χ0n) is 18.0. The van der Waals surface area contributed by atoms with Gasteiger partial charge in [0.25, 0.3) is 0 Å². The number of hydrogen-bond donors (Lipinski definition) is 3. The second kappa shape index (κ2) is 10.4. The first-order valence-electron chi connectivity index (χ1n) is 10.6. The average molecular weight is 469 g/mol. The van der Waals surface area contributed by atoms with Crippen molar-refractivity contribution in [3.63, 3.8) is 0 Å². The minimum absolute atomic E-state index is 0.302. The Morgan fingerprint density at radius 2 is 2.21 bits per heavy atom. The highest BCUT2D eigenvalue weighted by Crippen LogP contribution is 2.35. The van der Waals surface area contributed by atoms with Crippen molar-refractivity contribution in [2.75, 3.05) is 31.7 Å². The molecule has 1 fully saturated rings. The summed E-state index contributed by atoms with van der Waals surface area (Å²) >= 11 is 1.27. The molecule has 0 saturated carbocycles. The van der Waals surface area contributed by atoms with Crippen molar-refractivity contribution >= 4 is 44.9 Å². The van der Waals surface area contributed by atoms with Crippen LogP contribution in [0.3, 0.4) is 0 Å². The zero-order valence-corrected chi connectivity index (χ0v) is 18.9. The zero-order chi connectivity index (χ0) is 23.2. The van der Waals surface area contributed by atoms with Gasteiger partial charge in [-0.2, -0.15) is 0 Å². The van der Waals surface area contributed by atoms with Gasteiger partial charge in [0.1, 0.15) is 10.3 Å². The van der Waals surface area contributed by atoms with Gasteiger partial charge in [-0.25, -0.2) is 19.6 Å². The quantitative estimate of drug-likeness (QED) is 0.427. The van der Waals surface area contributed by atoms with Gasteiger partial charge in [0.15, 0.2) is 5.13 Å². The predicted molar refractivity (Wildman–Crippen MR) is 127 cm³/mol. The molecule has 10 heteroatoms. The summed E-state index contributed by atoms with van der Waals surface area (Å²) in [5, 5.41) is 14.8. The van der Waals surface area contributed by atoms with Crippen LogP contribution in [-0.2, 0) is 9.53 Å². The Morgan fingerprint density at radius 1 is 1.33 bits per heavy atom. The number of nitrogens with one attached hydrogen (secondary N) is 2. The second-order valence-electron chi connectivity index (χ2n) is 7.51. The van der Waals surface area contributed by atoms with E-state index in [9.17, 15) is 9.59 Å². The van der Waals surface area contributed by atoms with Crippen LogP contribution >= 0.6 is 11.3 Å². The number of anilines is 1. The third kappa shape index (κ3) is 5.85. The number of urea groups is 1. The first kappa shape index (κ1) is 22.7. The highest BCUT2D eigenvalue weighted by molar-refractivity contribution is 7.22. The Hall–Kier alpha value is -3.50. The Balaban J connectivity index is 1.70. The lowest BCUT2D eigenvalue weighted by Gasteiger charge is -2.13. The number of fused-ring (bicyclic) bond motifs is 1. The van der Waals surface area contributed by atoms with Crippen LogP contribution < -0.4 is 15.4 Å². The summed E-state index contributed by atoms with van der Waals surface area (Å²) in [6.07, 6.45) is 3.57. The lowest BCUT2D eigenvalue weighted by Crippen LogP contribution is -2.28. The predicted octanol–water partition coefficient (Wildman–Crippen LogP) is 4.01. The number of pyridine rings is 1. The molecule has 172 valence electrons. The fraction of sp³-hybridized carbons (Fsp3) is 0.304. The van der Waals surface area contributed by atoms with E-state index in [-0.39, 0.29) is 6.03 Å². The van der Waals surface area contributed by atoms with Gasteiger partial charge in [-0.3, -0.25) is 5.32 Å². The van der Waals surface area contributed by atoms with Crippen LogP contribution in [0.5, 0.6) is 5.88 Å². The van der Waals surface area contributed by atoms with E-state index in [1.54, 1.807) is 0 Å². The Bertz CT molecular complexity index is 1190. The maximum absolute atomic E-state index is 11.9. The van der Waals surface area contributed by atoms with E-state index in [2.05, 4.69) is 15.6 Å². The summed E-state index contributed by atoms with van der Waals surface area (Å²) in [5.74, 6) is -0.250. The molecule has 1 unspecified atom stereocenters. The number of rotatable bonds is 8. The maximum Gasteiger partial charge on any atom is 0.328 e. The number of amides is 2. The van der Waals surface area contributed by atoms with Crippen molar-refractivity contribution in [3.8, 4) is 17.0 Å². The summed E-state index contributed by atoms with van der Waals surface area (Å²) in [6, 6.07) is 9.00. The van der Waals surface area contributed by atoms with Crippen LogP contribution in [-0.4, -0.2) is 53.4 Å². The number of ether oxygens (including phenoxy) is 2. The molecule has 1 aliphatic heterocycles. The molecule has 9 nitrogen and oxygen atoms in total. The molecule has 0 aliphatic carbocycles. The largest absolute Gasteiger partial charge is 0.478 e. The third-order valence-electron chi connectivity index (χ3n) is 5.00. The van der Waals surface area contributed by atoms with Crippen LogP contribution in [0.1, 0.15) is 18.9 Å². The van der Waals surface area contributed by atoms with E-state index in [4.69, 9.17) is 19.6 Å². The van der Waals surface area contributed by atoms with Gasteiger partial charge in [-0.15, -0.1) is 0 Å². The fourth-order valence-corrected chi connectivity index (χ4v) is 4.22. The van der Waals surface area contributed by atoms with Gasteiger partial charge in [0.2, 0.25) is 5.88 Å². The second-order valence-corrected chi connectivity index (χ2v) is 8.48. The molecule has 0 spiro atoms. The number of nitrogens with zero attached hydrogens (tertiary/aromatic N) is 2. The number of hydrogen-bond acceptors (Lipinski definition) is 7. The van der Waals surface area contributed by atoms with Crippen molar-refractivity contribution < 1.29 is 24.2 Å². The van der Waals surface area contributed by atoms with E-state index in [1.807, 2.05) is 37.3 Å². The maximum atomic E-state index is 11.9. The van der Waals surface area contributed by atoms with E-state index in [0.717, 1.165) is 35.8 Å². The Kier molecular flexibility index (Phi) is 7.16. The topological polar surface area (TPSA) is 123 Å². The van der Waals surface area contributed by atoms with Crippen molar-refractivity contribution in [1.82, 2.24) is 15.3 Å². The molecular weight excluding hydrogens is 444 g/mol. The van der Waals surface area contributed by atoms with Crippen LogP contribution in [0, 0.1) is 5.92 Å². The monoisotopic (exact) mass is 468 g/mol. The smallest absolute Gasteiger partial charge is 0.328 e. The molecule has 3 aromatic rings. The average Bonchev–Trinajstić information content (AvgIpc) is 3.45. The molecule has 33 heavy (non-hydrogen) atoms. The molecule has 0 radical (unpaired) electrons. The molecule has 3 heterocycles. The Labute approximate surface area is 194 Å². The van der Waals surface area contributed by atoms with E-state index in [1.165, 1.54) is 17.4 Å². The van der Waals surface area contributed by atoms with E-state index in [0.29, 0.717) is 47.0 Å². The van der Waals surface area contributed by atoms with Gasteiger partial charge >= 0.3 is 12.0 Å². The number of aliphatic carboxylic acids is 1. The SMILES string of the molecule is CCNC(=O)Nc1nc2cc(-c3cccc(/C=C/C(=O)O)c3)c(OCC3CCOC3)nc2s1. The van der Waals surface area contributed by atoms with Gasteiger partial charge in [0.05, 0.1) is 13.2 Å². The van der Waals surface area contributed by atoms with Gasteiger partial charge in [-0.1, -0.05) is 29.5 Å². The number of carbonyl (C=O) groups is 2. The minimum atomic E-state index is -1.01. The summed E-state index contributed by atoms with van der Waals surface area (Å²) in [6.45, 7) is 4.22. The number of aromatic nitrogens is 2. The standard InChI is InChI=1S/C23H24N4O5S/c1-2-24-22(30)27-23-25-18-11-17(16-5-3-4-14(10-16)6-7-19(28)29)20(26-21(18)33-23)32-13-15-8-9-31-12-15/h3-7,10-11,15H,2,8-9,12-13H2,1H3,(H,28,29)(H2,24,25,27,30)/b7-6+. The molecule has 3 N–H and O–H groups in total. The fourth-order valence-electron chi connectivity index (χ4n) is 3.41. The lowest BCUT2D eigenvalue weighted by molar-refractivity contribution is -0.131. The summed E-state index contributed by atoms with van der Waals surface area (Å²) in [7, 11) is 0. The van der Waals surface area contributed by atoms with E-state index >= 15 is 0 Å². The molecular formula is C23H24N4O5S. The Morgan fingerprint density at radius 3 is 2.97 bits per heavy atom. The number of carboxylic acids is 1.